The Morgan fingerprint density at radius 2 is 1.54 bits per heavy atom. The minimum absolute atomic E-state index is 0. The molecule has 3 heterocycles. The van der Waals surface area contributed by atoms with Gasteiger partial charge in [-0.3, -0.25) is 0 Å². The summed E-state index contributed by atoms with van der Waals surface area (Å²) in [6.07, 6.45) is 3.87. The van der Waals surface area contributed by atoms with Gasteiger partial charge in [0.15, 0.2) is 0 Å². The van der Waals surface area contributed by atoms with E-state index in [-0.39, 0.29) is 20.1 Å². The van der Waals surface area contributed by atoms with E-state index in [4.69, 9.17) is 1.37 Å². The quantitative estimate of drug-likeness (QED) is 0.127. The van der Waals surface area contributed by atoms with Crippen LogP contribution in [0.15, 0.2) is 116 Å². The van der Waals surface area contributed by atoms with E-state index in [0.29, 0.717) is 0 Å². The minimum atomic E-state index is -1.77. The van der Waals surface area contributed by atoms with Gasteiger partial charge >= 0.3 is 106 Å². The van der Waals surface area contributed by atoms with Gasteiger partial charge in [0.2, 0.25) is 0 Å². The molecule has 0 fully saturated rings. The second-order valence-electron chi connectivity index (χ2n) is 12.6. The predicted octanol–water partition coefficient (Wildman–Crippen LogP) is 11.1. The van der Waals surface area contributed by atoms with Gasteiger partial charge in [-0.25, -0.2) is 0 Å². The Morgan fingerprint density at radius 3 is 2.24 bits per heavy atom. The first-order valence-electron chi connectivity index (χ1n) is 15.8. The van der Waals surface area contributed by atoms with E-state index in [1.165, 1.54) is 41.3 Å². The van der Waals surface area contributed by atoms with Crippen LogP contribution in [0.2, 0.25) is 17.3 Å². The molecule has 0 amide bonds. The summed E-state index contributed by atoms with van der Waals surface area (Å²) in [5, 5.41) is 2.49. The fourth-order valence-electron chi connectivity index (χ4n) is 5.66. The Labute approximate surface area is 295 Å². The van der Waals surface area contributed by atoms with Crippen LogP contribution in [0, 0.1) is 19.1 Å². The Balaban J connectivity index is 0.000000207. The van der Waals surface area contributed by atoms with Crippen LogP contribution in [0.5, 0.6) is 0 Å². The Bertz CT molecular complexity index is 2130. The zero-order chi connectivity index (χ0) is 32.5. The van der Waals surface area contributed by atoms with Gasteiger partial charge in [-0.1, -0.05) is 73.3 Å². The van der Waals surface area contributed by atoms with Gasteiger partial charge in [0.25, 0.3) is 0 Å². The Hall–Kier alpha value is -3.41. The zero-order valence-electron chi connectivity index (χ0n) is 28.1. The summed E-state index contributed by atoms with van der Waals surface area (Å²) in [7, 11) is 0. The molecule has 0 aliphatic carbocycles. The molecule has 0 saturated heterocycles. The van der Waals surface area contributed by atoms with Crippen molar-refractivity contribution < 1.29 is 21.5 Å². The van der Waals surface area contributed by atoms with E-state index in [0.717, 1.165) is 28.1 Å². The third-order valence-electron chi connectivity index (χ3n) is 8.04. The third kappa shape index (κ3) is 7.42. The van der Waals surface area contributed by atoms with Crippen molar-refractivity contribution in [1.82, 2.24) is 9.97 Å². The van der Waals surface area contributed by atoms with Gasteiger partial charge in [-0.2, -0.15) is 11.3 Å². The number of aromatic nitrogens is 2. The van der Waals surface area contributed by atoms with E-state index in [1.807, 2.05) is 56.3 Å². The first-order valence-corrected chi connectivity index (χ1v) is 23.5. The van der Waals surface area contributed by atoms with Crippen molar-refractivity contribution >= 4 is 49.2 Å². The minimum Gasteiger partial charge on any atom is -0.305 e. The van der Waals surface area contributed by atoms with Crippen molar-refractivity contribution in [2.24, 2.45) is 0 Å². The van der Waals surface area contributed by atoms with Gasteiger partial charge in [-0.15, -0.1) is 23.8 Å². The number of hydrogen-bond acceptors (Lipinski definition) is 3. The van der Waals surface area contributed by atoms with E-state index >= 15 is 0 Å². The first-order chi connectivity index (χ1) is 22.0. The standard InChI is InChI=1S/C26H20NS.C15H18GeN.Ir/c1-17(2)19-13-14-27-24(15-19)23-10-6-9-22-21-12-11-20(16-25(21)28-26(22)23)18-7-4-3-5-8-18;1-12-10-15(13-8-6-5-7-9-13)17-11-14(12)16(2,3)4;/h3-9,11-17H,1-2H3;5-8,10-11H,1-4H3;/q2*-1;/i17D;;. The van der Waals surface area contributed by atoms with E-state index in [2.05, 4.69) is 113 Å². The van der Waals surface area contributed by atoms with Crippen molar-refractivity contribution in [1.29, 1.82) is 0 Å². The van der Waals surface area contributed by atoms with Crippen molar-refractivity contribution in [2.75, 3.05) is 0 Å². The number of benzene rings is 4. The summed E-state index contributed by atoms with van der Waals surface area (Å²) in [6.45, 7) is 6.00. The molecule has 0 spiro atoms. The average molecular weight is 857 g/mol. The van der Waals surface area contributed by atoms with Crippen LogP contribution in [0.25, 0.3) is 53.8 Å². The normalized spacial score (nSPS) is 11.8. The molecule has 4 aromatic carbocycles. The molecule has 1 radical (unpaired) electrons. The molecule has 0 atom stereocenters. The molecule has 0 aliphatic heterocycles. The number of pyridine rings is 2. The topological polar surface area (TPSA) is 25.8 Å². The summed E-state index contributed by atoms with van der Waals surface area (Å²) < 4.78 is 12.3. The molecule has 46 heavy (non-hydrogen) atoms. The molecule has 2 nitrogen and oxygen atoms in total. The van der Waals surface area contributed by atoms with Crippen LogP contribution in [0.3, 0.4) is 0 Å². The van der Waals surface area contributed by atoms with Crippen molar-refractivity contribution in [3.63, 3.8) is 0 Å². The molecule has 5 heteroatoms. The molecule has 7 aromatic rings. The monoisotopic (exact) mass is 858 g/mol. The zero-order valence-corrected chi connectivity index (χ0v) is 32.4. The third-order valence-corrected chi connectivity index (χ3v) is 13.7. The summed E-state index contributed by atoms with van der Waals surface area (Å²) >= 11 is 0.0146. The second kappa shape index (κ2) is 14.6. The molecule has 7 rings (SSSR count). The van der Waals surface area contributed by atoms with E-state index in [9.17, 15) is 0 Å². The van der Waals surface area contributed by atoms with Gasteiger partial charge in [0.1, 0.15) is 0 Å². The van der Waals surface area contributed by atoms with Crippen molar-refractivity contribution in [3.8, 4) is 33.6 Å². The number of nitrogens with zero attached hydrogens (tertiary/aromatic N) is 2. The summed E-state index contributed by atoms with van der Waals surface area (Å²) in [5.41, 5.74) is 8.78. The van der Waals surface area contributed by atoms with Crippen molar-refractivity contribution in [2.45, 2.75) is 43.9 Å². The molecule has 3 aromatic heterocycles. The predicted molar refractivity (Wildman–Crippen MR) is 197 cm³/mol. The van der Waals surface area contributed by atoms with Gasteiger partial charge in [0, 0.05) is 32.4 Å². The SMILES string of the molecule is Cc1cc(-c2[c-]cccc2)nc[c]1[Ge]([CH3])([CH3])[CH3].[2H]C(C)(C)c1ccnc(-c2[c-]ccc3c2sc2cc(-c4ccccc4)ccc23)c1.[Ir]. The van der Waals surface area contributed by atoms with Crippen LogP contribution >= 0.6 is 11.3 Å². The Morgan fingerprint density at radius 1 is 0.761 bits per heavy atom. The number of hydrogen-bond donors (Lipinski definition) is 0. The molecule has 0 saturated carbocycles. The molecule has 0 N–H and O–H groups in total. The first kappa shape index (κ1) is 32.5. The Kier molecular flexibility index (Phi) is 10.3. The maximum Gasteiger partial charge on any atom is 0.0346 e. The molecular weight excluding hydrogens is 817 g/mol. The number of rotatable bonds is 5. The maximum atomic E-state index is 8.35. The number of thiophene rings is 1. The van der Waals surface area contributed by atoms with E-state index < -0.39 is 19.2 Å². The van der Waals surface area contributed by atoms with Gasteiger partial charge in [0.05, 0.1) is 0 Å². The van der Waals surface area contributed by atoms with E-state index in [1.54, 1.807) is 17.5 Å². The molecule has 0 unspecified atom stereocenters. The largest absolute Gasteiger partial charge is 0.305 e. The van der Waals surface area contributed by atoms with Crippen LogP contribution in [0.4, 0.5) is 0 Å². The van der Waals surface area contributed by atoms with Crippen LogP contribution in [-0.2, 0) is 20.1 Å². The van der Waals surface area contributed by atoms with Gasteiger partial charge in [-0.05, 0) is 44.9 Å². The fraction of sp³-hybridized carbons (Fsp3) is 0.171. The molecule has 233 valence electrons. The second-order valence-corrected chi connectivity index (χ2v) is 24.2. The van der Waals surface area contributed by atoms with Crippen LogP contribution < -0.4 is 4.40 Å². The summed E-state index contributed by atoms with van der Waals surface area (Å²) in [6, 6.07) is 42.0. The van der Waals surface area contributed by atoms with Crippen LogP contribution in [-0.4, -0.2) is 23.2 Å². The summed E-state index contributed by atoms with van der Waals surface area (Å²) in [4.78, 5) is 9.19. The van der Waals surface area contributed by atoms with Crippen molar-refractivity contribution in [3.05, 3.63) is 139 Å². The molecular formula is C41H38GeIrN2S-2. The maximum absolute atomic E-state index is 8.35. The molecule has 0 aliphatic rings. The summed E-state index contributed by atoms with van der Waals surface area (Å²) in [5.74, 6) is 6.55. The van der Waals surface area contributed by atoms with Gasteiger partial charge < -0.3 is 4.98 Å². The smallest absolute Gasteiger partial charge is 0.0346 e. The number of aryl methyl sites for hydroxylation is 1. The molecule has 0 bridgehead atoms. The van der Waals surface area contributed by atoms with Crippen LogP contribution in [0.1, 0.15) is 32.2 Å². The fourth-order valence-corrected chi connectivity index (χ4v) is 10.5. The number of fused-ring (bicyclic) bond motifs is 3. The average Bonchev–Trinajstić information content (AvgIpc) is 3.43.